The zero-order chi connectivity index (χ0) is 35.0. The van der Waals surface area contributed by atoms with Gasteiger partial charge in [0.15, 0.2) is 23.1 Å². The van der Waals surface area contributed by atoms with Gasteiger partial charge in [0.1, 0.15) is 30.2 Å². The SMILES string of the molecule is CC1(C)CCN(CCCOc2cc3nccc(Oc4ccc(N(C(=O)C5(C(N)=O)CC5)c5ccc(F)cc5)cc4F)c3c3c2OCCO3)CC1. The van der Waals surface area contributed by atoms with Crippen molar-refractivity contribution >= 4 is 34.1 Å². The Morgan fingerprint density at radius 2 is 1.60 bits per heavy atom. The molecule has 0 unspecified atom stereocenters. The minimum atomic E-state index is -1.40. The van der Waals surface area contributed by atoms with E-state index >= 15 is 4.39 Å². The summed E-state index contributed by atoms with van der Waals surface area (Å²) in [7, 11) is 0. The standard InChI is InChI=1S/C38H40F2N4O6/c1-37(2)13-17-43(18-14-37)16-3-19-47-31-23-28-32(34-33(31)48-20-21-49-34)30(10-15-42-28)50-29-9-8-26(22-27(29)40)44(25-6-4-24(39)5-7-25)36(46)38(11-12-38)35(41)45/h4-10,15,22-23H,3,11-14,16-21H2,1-2H3,(H2,41,45). The molecule has 1 saturated carbocycles. The lowest BCUT2D eigenvalue weighted by atomic mass is 9.83. The van der Waals surface area contributed by atoms with E-state index in [0.29, 0.717) is 53.4 Å². The van der Waals surface area contributed by atoms with Crippen LogP contribution in [0, 0.1) is 22.5 Å². The largest absolute Gasteiger partial charge is 0.489 e. The summed E-state index contributed by atoms with van der Waals surface area (Å²) in [5.74, 6) is -1.15. The van der Waals surface area contributed by atoms with Crippen molar-refractivity contribution in [3.05, 3.63) is 72.4 Å². The predicted octanol–water partition coefficient (Wildman–Crippen LogP) is 6.90. The number of anilines is 2. The molecule has 3 heterocycles. The molecule has 0 spiro atoms. The number of likely N-dealkylation sites (tertiary alicyclic amines) is 1. The fourth-order valence-corrected chi connectivity index (χ4v) is 6.53. The van der Waals surface area contributed by atoms with Crippen LogP contribution in [0.2, 0.25) is 0 Å². The lowest BCUT2D eigenvalue weighted by Crippen LogP contribution is -2.41. The Bertz CT molecular complexity index is 1920. The average molecular weight is 687 g/mol. The number of pyridine rings is 1. The number of hydrogen-bond acceptors (Lipinski definition) is 8. The predicted molar refractivity (Wildman–Crippen MR) is 183 cm³/mol. The van der Waals surface area contributed by atoms with E-state index < -0.39 is 28.9 Å². The number of piperidine rings is 1. The van der Waals surface area contributed by atoms with Crippen molar-refractivity contribution in [3.63, 3.8) is 0 Å². The highest BCUT2D eigenvalue weighted by Gasteiger charge is 2.57. The molecule has 2 amide bonds. The number of halogens is 2. The summed E-state index contributed by atoms with van der Waals surface area (Å²) < 4.78 is 54.0. The van der Waals surface area contributed by atoms with Crippen molar-refractivity contribution in [2.24, 2.45) is 16.6 Å². The van der Waals surface area contributed by atoms with Crippen LogP contribution >= 0.6 is 0 Å². The molecule has 0 radical (unpaired) electrons. The molecule has 0 atom stereocenters. The zero-order valence-electron chi connectivity index (χ0n) is 28.2. The van der Waals surface area contributed by atoms with Crippen molar-refractivity contribution in [1.82, 2.24) is 9.88 Å². The van der Waals surface area contributed by atoms with Crippen molar-refractivity contribution in [1.29, 1.82) is 0 Å². The fourth-order valence-electron chi connectivity index (χ4n) is 6.53. The third kappa shape index (κ3) is 6.64. The van der Waals surface area contributed by atoms with Gasteiger partial charge in [-0.3, -0.25) is 19.5 Å². The molecule has 12 heteroatoms. The number of fused-ring (bicyclic) bond motifs is 3. The number of rotatable bonds is 11. The highest BCUT2D eigenvalue weighted by Crippen LogP contribution is 2.50. The molecule has 0 bridgehead atoms. The van der Waals surface area contributed by atoms with Crippen LogP contribution in [-0.4, -0.2) is 61.2 Å². The van der Waals surface area contributed by atoms with Crippen LogP contribution in [0.15, 0.2) is 60.8 Å². The van der Waals surface area contributed by atoms with Crippen molar-refractivity contribution in [2.75, 3.05) is 44.4 Å². The molecule has 2 aliphatic heterocycles. The number of carbonyl (C=O) groups excluding carboxylic acids is 2. The number of carbonyl (C=O) groups is 2. The molecule has 262 valence electrons. The van der Waals surface area contributed by atoms with Crippen molar-refractivity contribution in [2.45, 2.75) is 46.0 Å². The Balaban J connectivity index is 1.13. The van der Waals surface area contributed by atoms with Gasteiger partial charge in [-0.25, -0.2) is 8.78 Å². The maximum absolute atomic E-state index is 15.8. The van der Waals surface area contributed by atoms with E-state index in [2.05, 4.69) is 23.7 Å². The molecule has 4 aromatic rings. The Hall–Kier alpha value is -4.97. The van der Waals surface area contributed by atoms with Gasteiger partial charge in [-0.15, -0.1) is 0 Å². The van der Waals surface area contributed by atoms with Gasteiger partial charge in [-0.05, 0) is 93.1 Å². The maximum atomic E-state index is 15.8. The van der Waals surface area contributed by atoms with Gasteiger partial charge in [0.25, 0.3) is 0 Å². The second kappa shape index (κ2) is 13.4. The summed E-state index contributed by atoms with van der Waals surface area (Å²) in [5, 5.41) is 0.495. The summed E-state index contributed by atoms with van der Waals surface area (Å²) in [6.07, 6.45) is 5.33. The number of ether oxygens (including phenoxy) is 4. The van der Waals surface area contributed by atoms with Crippen LogP contribution in [0.3, 0.4) is 0 Å². The van der Waals surface area contributed by atoms with E-state index in [1.165, 1.54) is 54.1 Å². The van der Waals surface area contributed by atoms with E-state index in [-0.39, 0.29) is 35.7 Å². The van der Waals surface area contributed by atoms with Gasteiger partial charge < -0.3 is 29.6 Å². The molecular formula is C38H40F2N4O6. The van der Waals surface area contributed by atoms with Gasteiger partial charge in [0, 0.05) is 30.6 Å². The minimum Gasteiger partial charge on any atom is -0.489 e. The van der Waals surface area contributed by atoms with E-state index in [1.807, 2.05) is 0 Å². The van der Waals surface area contributed by atoms with Crippen molar-refractivity contribution in [3.8, 4) is 28.7 Å². The Kier molecular flexibility index (Phi) is 8.98. The first-order chi connectivity index (χ1) is 24.0. The van der Waals surface area contributed by atoms with Gasteiger partial charge in [0.05, 0.1) is 23.2 Å². The van der Waals surface area contributed by atoms with Crippen LogP contribution in [0.25, 0.3) is 10.9 Å². The van der Waals surface area contributed by atoms with Crippen LogP contribution in [0.1, 0.15) is 46.0 Å². The number of hydrogen-bond donors (Lipinski definition) is 1. The number of primary amides is 1. The topological polar surface area (TPSA) is 116 Å². The molecule has 3 aliphatic rings. The number of benzene rings is 3. The number of amides is 2. The molecule has 2 N–H and O–H groups in total. The van der Waals surface area contributed by atoms with E-state index in [0.717, 1.165) is 32.1 Å². The highest BCUT2D eigenvalue weighted by molar-refractivity contribution is 6.16. The Labute approximate surface area is 289 Å². The van der Waals surface area contributed by atoms with Crippen LogP contribution in [0.4, 0.5) is 20.2 Å². The second-order valence-corrected chi connectivity index (χ2v) is 13.9. The summed E-state index contributed by atoms with van der Waals surface area (Å²) in [5.41, 5.74) is 5.49. The van der Waals surface area contributed by atoms with E-state index in [1.54, 1.807) is 18.3 Å². The third-order valence-electron chi connectivity index (χ3n) is 9.84. The molecule has 2 fully saturated rings. The first-order valence-corrected chi connectivity index (χ1v) is 17.0. The lowest BCUT2D eigenvalue weighted by molar-refractivity contribution is -0.133. The first-order valence-electron chi connectivity index (χ1n) is 17.0. The second-order valence-electron chi connectivity index (χ2n) is 13.9. The fraction of sp³-hybridized carbons (Fsp3) is 0.395. The zero-order valence-corrected chi connectivity index (χ0v) is 28.2. The van der Waals surface area contributed by atoms with Crippen molar-refractivity contribution < 1.29 is 37.3 Å². The van der Waals surface area contributed by atoms with Crippen LogP contribution in [-0.2, 0) is 9.59 Å². The number of aromatic nitrogens is 1. The minimum absolute atomic E-state index is 0.124. The van der Waals surface area contributed by atoms with Crippen LogP contribution in [0.5, 0.6) is 28.7 Å². The smallest absolute Gasteiger partial charge is 0.247 e. The molecule has 7 rings (SSSR count). The highest BCUT2D eigenvalue weighted by atomic mass is 19.1. The first kappa shape index (κ1) is 33.5. The quantitative estimate of drug-likeness (QED) is 0.134. The molecule has 1 saturated heterocycles. The van der Waals surface area contributed by atoms with Gasteiger partial charge in [-0.2, -0.15) is 0 Å². The molecular weight excluding hydrogens is 646 g/mol. The summed E-state index contributed by atoms with van der Waals surface area (Å²) >= 11 is 0. The third-order valence-corrected chi connectivity index (χ3v) is 9.84. The molecule has 1 aliphatic carbocycles. The summed E-state index contributed by atoms with van der Waals surface area (Å²) in [4.78, 5) is 34.1. The molecule has 3 aromatic carbocycles. The summed E-state index contributed by atoms with van der Waals surface area (Å²) in [6.45, 7) is 8.90. The van der Waals surface area contributed by atoms with Crippen LogP contribution < -0.4 is 29.6 Å². The van der Waals surface area contributed by atoms with Gasteiger partial charge in [-0.1, -0.05) is 13.8 Å². The monoisotopic (exact) mass is 686 g/mol. The molecule has 10 nitrogen and oxygen atoms in total. The number of nitrogens with two attached hydrogens (primary N) is 1. The molecule has 1 aromatic heterocycles. The molecule has 50 heavy (non-hydrogen) atoms. The van der Waals surface area contributed by atoms with E-state index in [9.17, 15) is 14.0 Å². The Morgan fingerprint density at radius 1 is 0.900 bits per heavy atom. The lowest BCUT2D eigenvalue weighted by Gasteiger charge is -2.36. The normalized spacial score (nSPS) is 17.6. The Morgan fingerprint density at radius 3 is 2.28 bits per heavy atom. The van der Waals surface area contributed by atoms with Gasteiger partial charge in [0.2, 0.25) is 17.6 Å². The summed E-state index contributed by atoms with van der Waals surface area (Å²) in [6, 6.07) is 12.5. The average Bonchev–Trinajstić information content (AvgIpc) is 3.92. The van der Waals surface area contributed by atoms with E-state index in [4.69, 9.17) is 24.7 Å². The number of nitrogens with zero attached hydrogens (tertiary/aromatic N) is 3. The maximum Gasteiger partial charge on any atom is 0.247 e. The van der Waals surface area contributed by atoms with Gasteiger partial charge >= 0.3 is 0 Å².